The molecule has 25 heavy (non-hydrogen) atoms. The zero-order valence-electron chi connectivity index (χ0n) is 14.1. The molecule has 4 saturated carbocycles. The molecule has 130 valence electrons. The Hall–Kier alpha value is -2.30. The van der Waals surface area contributed by atoms with Gasteiger partial charge in [-0.05, 0) is 73.5 Å². The number of carbonyl (C=O) groups is 1. The van der Waals surface area contributed by atoms with Crippen LogP contribution in [0, 0.1) is 23.7 Å². The molecule has 0 atom stereocenters. The maximum Gasteiger partial charge on any atom is 0.298 e. The minimum Gasteiger partial charge on any atom is -0.486 e. The van der Waals surface area contributed by atoms with Crippen molar-refractivity contribution in [3.8, 4) is 22.6 Å². The Morgan fingerprint density at radius 1 is 1.00 bits per heavy atom. The van der Waals surface area contributed by atoms with Crippen LogP contribution in [0.2, 0.25) is 0 Å². The number of benzene rings is 1. The summed E-state index contributed by atoms with van der Waals surface area (Å²) in [4.78, 5) is 11.0. The molecule has 4 aliphatic rings. The summed E-state index contributed by atoms with van der Waals surface area (Å²) in [6.45, 7) is 0.470. The molecule has 0 unspecified atom stereocenters. The monoisotopic (exact) mass is 338 g/mol. The van der Waals surface area contributed by atoms with E-state index in [-0.39, 0.29) is 6.10 Å². The zero-order valence-corrected chi connectivity index (χ0v) is 14.1. The lowest BCUT2D eigenvalue weighted by Crippen LogP contribution is -2.50. The molecule has 5 nitrogen and oxygen atoms in total. The number of carbonyl (C=O) groups excluding carboxylic acids is 1. The van der Waals surface area contributed by atoms with Crippen LogP contribution < -0.4 is 9.47 Å². The molecule has 2 aromatic rings. The number of aromatic nitrogens is 2. The van der Waals surface area contributed by atoms with E-state index < -0.39 is 0 Å². The average molecular weight is 338 g/mol. The fourth-order valence-electron chi connectivity index (χ4n) is 5.55. The van der Waals surface area contributed by atoms with Crippen molar-refractivity contribution in [3.05, 3.63) is 30.6 Å². The first-order valence-electron chi connectivity index (χ1n) is 9.20. The van der Waals surface area contributed by atoms with Crippen molar-refractivity contribution in [3.63, 3.8) is 0 Å². The van der Waals surface area contributed by atoms with E-state index >= 15 is 0 Å². The van der Waals surface area contributed by atoms with E-state index in [0.717, 1.165) is 23.0 Å². The summed E-state index contributed by atoms with van der Waals surface area (Å²) in [5.41, 5.74) is 1.90. The van der Waals surface area contributed by atoms with E-state index in [0.29, 0.717) is 29.8 Å². The third-order valence-electron chi connectivity index (χ3n) is 6.35. The first-order chi connectivity index (χ1) is 12.3. The van der Waals surface area contributed by atoms with E-state index in [1.807, 2.05) is 24.4 Å². The summed E-state index contributed by atoms with van der Waals surface area (Å²) >= 11 is 0. The second kappa shape index (κ2) is 5.90. The topological polar surface area (TPSA) is 64.2 Å². The number of H-pyrrole nitrogens is 1. The molecule has 1 aromatic carbocycles. The molecule has 0 radical (unpaired) electrons. The third-order valence-corrected chi connectivity index (χ3v) is 6.35. The molecule has 1 N–H and O–H groups in total. The highest BCUT2D eigenvalue weighted by atomic mass is 16.5. The van der Waals surface area contributed by atoms with E-state index in [1.54, 1.807) is 6.20 Å². The first kappa shape index (κ1) is 15.0. The van der Waals surface area contributed by atoms with Gasteiger partial charge in [0.15, 0.2) is 11.5 Å². The lowest BCUT2D eigenvalue weighted by Gasteiger charge is -2.53. The standard InChI is InChI=1S/C20H22N2O3/c23-11-24-19-8-14(17-9-21-22-10-17)1-2-18(19)25-20-15-4-12-3-13(6-15)7-16(20)5-12/h1-2,8-13,15-16,20H,3-7H2,(H,21,22). The summed E-state index contributed by atoms with van der Waals surface area (Å²) in [7, 11) is 0. The quantitative estimate of drug-likeness (QED) is 0.842. The Morgan fingerprint density at radius 3 is 2.40 bits per heavy atom. The minimum atomic E-state index is 0.265. The molecule has 4 fully saturated rings. The molecule has 1 aromatic heterocycles. The molecule has 6 rings (SSSR count). The van der Waals surface area contributed by atoms with E-state index in [4.69, 9.17) is 9.47 Å². The van der Waals surface area contributed by atoms with Gasteiger partial charge in [0.1, 0.15) is 6.10 Å². The normalized spacial score (nSPS) is 32.6. The largest absolute Gasteiger partial charge is 0.486 e. The highest BCUT2D eigenvalue weighted by Crippen LogP contribution is 2.55. The van der Waals surface area contributed by atoms with Gasteiger partial charge < -0.3 is 9.47 Å². The molecular weight excluding hydrogens is 316 g/mol. The van der Waals surface area contributed by atoms with Gasteiger partial charge in [-0.25, -0.2) is 0 Å². The maximum atomic E-state index is 11.0. The molecule has 4 aliphatic carbocycles. The fourth-order valence-corrected chi connectivity index (χ4v) is 5.55. The predicted octanol–water partition coefficient (Wildman–Crippen LogP) is 3.82. The van der Waals surface area contributed by atoms with Gasteiger partial charge in [-0.3, -0.25) is 9.89 Å². The molecule has 5 heteroatoms. The van der Waals surface area contributed by atoms with Gasteiger partial charge in [0, 0.05) is 11.8 Å². The predicted molar refractivity (Wildman–Crippen MR) is 92.2 cm³/mol. The van der Waals surface area contributed by atoms with Crippen LogP contribution in [0.3, 0.4) is 0 Å². The summed E-state index contributed by atoms with van der Waals surface area (Å²) < 4.78 is 11.7. The SMILES string of the molecule is O=COc1cc(-c2cn[nH]c2)ccc1OC1C2CC3CC(C2)CC1C3. The number of aromatic amines is 1. The first-order valence-corrected chi connectivity index (χ1v) is 9.20. The zero-order chi connectivity index (χ0) is 16.8. The lowest BCUT2D eigenvalue weighted by atomic mass is 9.55. The maximum absolute atomic E-state index is 11.0. The highest BCUT2D eigenvalue weighted by molar-refractivity contribution is 5.67. The van der Waals surface area contributed by atoms with Gasteiger partial charge in [-0.1, -0.05) is 6.07 Å². The van der Waals surface area contributed by atoms with Crippen LogP contribution in [0.15, 0.2) is 30.6 Å². The van der Waals surface area contributed by atoms with Gasteiger partial charge in [-0.2, -0.15) is 5.10 Å². The van der Waals surface area contributed by atoms with Crippen molar-refractivity contribution in [2.45, 2.75) is 38.2 Å². The summed E-state index contributed by atoms with van der Waals surface area (Å²) in [6, 6.07) is 5.77. The number of hydrogen-bond donors (Lipinski definition) is 1. The van der Waals surface area contributed by atoms with Gasteiger partial charge in [0.25, 0.3) is 6.47 Å². The Balaban J connectivity index is 1.42. The van der Waals surface area contributed by atoms with Crippen LogP contribution in [0.1, 0.15) is 32.1 Å². The van der Waals surface area contributed by atoms with Crippen LogP contribution in [0.4, 0.5) is 0 Å². The average Bonchev–Trinajstić information content (AvgIpc) is 3.13. The van der Waals surface area contributed by atoms with E-state index in [2.05, 4.69) is 10.2 Å². The van der Waals surface area contributed by atoms with Crippen molar-refractivity contribution in [1.82, 2.24) is 10.2 Å². The third kappa shape index (κ3) is 2.62. The second-order valence-electron chi connectivity index (χ2n) is 7.88. The van der Waals surface area contributed by atoms with Crippen LogP contribution in [-0.4, -0.2) is 22.8 Å². The number of rotatable bonds is 5. The Labute approximate surface area is 146 Å². The van der Waals surface area contributed by atoms with Crippen molar-refractivity contribution in [2.75, 3.05) is 0 Å². The van der Waals surface area contributed by atoms with Gasteiger partial charge in [0.2, 0.25) is 0 Å². The highest BCUT2D eigenvalue weighted by Gasteiger charge is 2.49. The van der Waals surface area contributed by atoms with Gasteiger partial charge in [0.05, 0.1) is 6.20 Å². The van der Waals surface area contributed by atoms with E-state index in [9.17, 15) is 4.79 Å². The molecule has 0 saturated heterocycles. The molecule has 4 bridgehead atoms. The number of ether oxygens (including phenoxy) is 2. The number of nitrogens with one attached hydrogen (secondary N) is 1. The molecule has 0 aliphatic heterocycles. The van der Waals surface area contributed by atoms with Crippen LogP contribution in [0.5, 0.6) is 11.5 Å². The Bertz CT molecular complexity index is 743. The molecule has 1 heterocycles. The molecule has 0 amide bonds. The van der Waals surface area contributed by atoms with Crippen molar-refractivity contribution >= 4 is 6.47 Å². The minimum absolute atomic E-state index is 0.265. The Kier molecular flexibility index (Phi) is 3.54. The Morgan fingerprint density at radius 2 is 1.76 bits per heavy atom. The smallest absolute Gasteiger partial charge is 0.298 e. The lowest BCUT2D eigenvalue weighted by molar-refractivity contribution is -0.121. The van der Waals surface area contributed by atoms with Crippen molar-refractivity contribution in [1.29, 1.82) is 0 Å². The van der Waals surface area contributed by atoms with Crippen molar-refractivity contribution in [2.24, 2.45) is 23.7 Å². The van der Waals surface area contributed by atoms with Crippen molar-refractivity contribution < 1.29 is 14.3 Å². The van der Waals surface area contributed by atoms with Crippen LogP contribution >= 0.6 is 0 Å². The van der Waals surface area contributed by atoms with Crippen LogP contribution in [-0.2, 0) is 4.79 Å². The second-order valence-corrected chi connectivity index (χ2v) is 7.88. The summed E-state index contributed by atoms with van der Waals surface area (Å²) in [6.07, 6.45) is 10.5. The van der Waals surface area contributed by atoms with E-state index in [1.165, 1.54) is 32.1 Å². The molecular formula is C20H22N2O3. The van der Waals surface area contributed by atoms with Crippen LogP contribution in [0.25, 0.3) is 11.1 Å². The van der Waals surface area contributed by atoms with Gasteiger partial charge in [-0.15, -0.1) is 0 Å². The molecule has 0 spiro atoms. The number of hydrogen-bond acceptors (Lipinski definition) is 4. The number of nitrogens with zero attached hydrogens (tertiary/aromatic N) is 1. The summed E-state index contributed by atoms with van der Waals surface area (Å²) in [5, 5.41) is 6.78. The summed E-state index contributed by atoms with van der Waals surface area (Å²) in [5.74, 6) is 4.31. The van der Waals surface area contributed by atoms with Gasteiger partial charge >= 0.3 is 0 Å². The fraction of sp³-hybridized carbons (Fsp3) is 0.500.